The Morgan fingerprint density at radius 3 is 1.76 bits per heavy atom. The summed E-state index contributed by atoms with van der Waals surface area (Å²) in [5.41, 5.74) is -1.42. The zero-order chi connectivity index (χ0) is 13.7. The van der Waals surface area contributed by atoms with Crippen LogP contribution in [-0.4, -0.2) is 29.9 Å². The molecule has 0 aliphatic rings. The van der Waals surface area contributed by atoms with Gasteiger partial charge >= 0.3 is 0 Å². The minimum atomic E-state index is -5.24. The first-order chi connectivity index (χ1) is 7.54. The van der Waals surface area contributed by atoms with Crippen LogP contribution in [0.3, 0.4) is 0 Å². The van der Waals surface area contributed by atoms with E-state index in [9.17, 15) is 23.8 Å². The molecule has 0 aromatic carbocycles. The Morgan fingerprint density at radius 2 is 1.47 bits per heavy atom. The molecule has 0 heterocycles. The summed E-state index contributed by atoms with van der Waals surface area (Å²) in [6, 6.07) is 0. The Kier molecular flexibility index (Phi) is 7.14. The van der Waals surface area contributed by atoms with Gasteiger partial charge in [0.2, 0.25) is 0 Å². The SMILES string of the molecule is O=P([O-])([O-])OCC(CCl)(CCl)COP(=O)([O-])O. The van der Waals surface area contributed by atoms with Gasteiger partial charge in [0.05, 0.1) is 21.0 Å². The van der Waals surface area contributed by atoms with Crippen LogP contribution in [0.4, 0.5) is 0 Å². The molecule has 1 unspecified atom stereocenters. The summed E-state index contributed by atoms with van der Waals surface area (Å²) in [5, 5.41) is 0. The molecule has 8 nitrogen and oxygen atoms in total. The van der Waals surface area contributed by atoms with Crippen LogP contribution in [0.1, 0.15) is 0 Å². The summed E-state index contributed by atoms with van der Waals surface area (Å²) in [7, 11) is -10.2. The van der Waals surface area contributed by atoms with Gasteiger partial charge < -0.3 is 33.2 Å². The van der Waals surface area contributed by atoms with E-state index >= 15 is 0 Å². The molecule has 0 fully saturated rings. The highest BCUT2D eigenvalue weighted by atomic mass is 35.5. The van der Waals surface area contributed by atoms with Gasteiger partial charge in [0, 0.05) is 17.2 Å². The number of hydrogen-bond acceptors (Lipinski definition) is 7. The molecule has 0 spiro atoms. The van der Waals surface area contributed by atoms with Crippen molar-refractivity contribution in [2.45, 2.75) is 0 Å². The quantitative estimate of drug-likeness (QED) is 0.431. The van der Waals surface area contributed by atoms with Gasteiger partial charge in [-0.15, -0.1) is 23.2 Å². The number of phosphoric acid groups is 2. The van der Waals surface area contributed by atoms with Crippen molar-refractivity contribution in [3.8, 4) is 0 Å². The second-order valence-corrected chi connectivity index (χ2v) is 6.11. The third-order valence-electron chi connectivity index (χ3n) is 1.63. The summed E-state index contributed by atoms with van der Waals surface area (Å²) in [4.78, 5) is 39.3. The number of phosphoric ester groups is 2. The summed E-state index contributed by atoms with van der Waals surface area (Å²) in [6.07, 6.45) is 0. The second kappa shape index (κ2) is 6.82. The van der Waals surface area contributed by atoms with E-state index < -0.39 is 34.3 Å². The molecule has 104 valence electrons. The summed E-state index contributed by atoms with van der Waals surface area (Å²) < 4.78 is 28.7. The van der Waals surface area contributed by atoms with Crippen molar-refractivity contribution in [1.82, 2.24) is 0 Å². The Balaban J connectivity index is 4.56. The fourth-order valence-electron chi connectivity index (χ4n) is 0.666. The molecule has 0 saturated heterocycles. The molecule has 0 bridgehead atoms. The summed E-state index contributed by atoms with van der Waals surface area (Å²) in [5.74, 6) is -0.674. The highest BCUT2D eigenvalue weighted by Gasteiger charge is 2.31. The number of hydrogen-bond donors (Lipinski definition) is 1. The zero-order valence-corrected chi connectivity index (χ0v) is 11.6. The fourth-order valence-corrected chi connectivity index (χ4v) is 2.13. The van der Waals surface area contributed by atoms with Crippen LogP contribution in [0, 0.1) is 5.41 Å². The van der Waals surface area contributed by atoms with Crippen molar-refractivity contribution < 1.29 is 37.8 Å². The molecular formula is C5H9Cl2O8P2-3. The van der Waals surface area contributed by atoms with Gasteiger partial charge in [-0.2, -0.15) is 0 Å². The van der Waals surface area contributed by atoms with Crippen molar-refractivity contribution in [2.75, 3.05) is 25.0 Å². The van der Waals surface area contributed by atoms with E-state index in [-0.39, 0.29) is 11.8 Å². The maximum atomic E-state index is 10.4. The minimum Gasteiger partial charge on any atom is -0.790 e. The third-order valence-corrected chi connectivity index (χ3v) is 3.66. The summed E-state index contributed by atoms with van der Waals surface area (Å²) in [6.45, 7) is -1.46. The van der Waals surface area contributed by atoms with E-state index in [1.165, 1.54) is 0 Å². The van der Waals surface area contributed by atoms with Gasteiger partial charge in [0.25, 0.3) is 7.82 Å². The molecule has 0 aromatic rings. The topological polar surface area (TPSA) is 142 Å². The van der Waals surface area contributed by atoms with Crippen LogP contribution in [0.15, 0.2) is 0 Å². The molecule has 0 rings (SSSR count). The molecular weight excluding hydrogens is 321 g/mol. The first-order valence-electron chi connectivity index (χ1n) is 4.00. The summed E-state index contributed by atoms with van der Waals surface area (Å²) >= 11 is 10.9. The molecule has 0 radical (unpaired) electrons. The number of rotatable bonds is 8. The van der Waals surface area contributed by atoms with Crippen molar-refractivity contribution >= 4 is 38.8 Å². The molecule has 1 N–H and O–H groups in total. The normalized spacial score (nSPS) is 16.8. The molecule has 1 atom stereocenters. The van der Waals surface area contributed by atoms with Crippen molar-refractivity contribution in [2.24, 2.45) is 5.41 Å². The van der Waals surface area contributed by atoms with Crippen LogP contribution in [-0.2, 0) is 18.2 Å². The monoisotopic (exact) mass is 329 g/mol. The lowest BCUT2D eigenvalue weighted by molar-refractivity contribution is -0.343. The van der Waals surface area contributed by atoms with Crippen LogP contribution >= 0.6 is 38.8 Å². The predicted octanol–water partition coefficient (Wildman–Crippen LogP) is -1.23. The Hall–Kier alpha value is 0.800. The van der Waals surface area contributed by atoms with E-state index in [0.29, 0.717) is 0 Å². The largest absolute Gasteiger partial charge is 0.790 e. The first kappa shape index (κ1) is 17.8. The average molecular weight is 330 g/mol. The Labute approximate surface area is 107 Å². The Bertz CT molecular complexity index is 292. The van der Waals surface area contributed by atoms with Gasteiger partial charge in [-0.05, 0) is 0 Å². The lowest BCUT2D eigenvalue weighted by Crippen LogP contribution is -2.37. The van der Waals surface area contributed by atoms with Crippen molar-refractivity contribution in [3.05, 3.63) is 0 Å². The molecule has 0 aliphatic carbocycles. The lowest BCUT2D eigenvalue weighted by Gasteiger charge is -2.36. The van der Waals surface area contributed by atoms with Crippen LogP contribution < -0.4 is 14.7 Å². The van der Waals surface area contributed by atoms with Crippen LogP contribution in [0.2, 0.25) is 0 Å². The van der Waals surface area contributed by atoms with Crippen LogP contribution in [0.5, 0.6) is 0 Å². The highest BCUT2D eigenvalue weighted by Crippen LogP contribution is 2.37. The number of alkyl halides is 2. The molecule has 12 heteroatoms. The van der Waals surface area contributed by atoms with Gasteiger partial charge in [-0.1, -0.05) is 0 Å². The maximum absolute atomic E-state index is 10.4. The van der Waals surface area contributed by atoms with E-state index in [2.05, 4.69) is 9.05 Å². The molecule has 0 saturated carbocycles. The maximum Gasteiger partial charge on any atom is 0.265 e. The van der Waals surface area contributed by atoms with E-state index in [4.69, 9.17) is 28.1 Å². The lowest BCUT2D eigenvalue weighted by atomic mass is 9.96. The molecule has 0 aromatic heterocycles. The Morgan fingerprint density at radius 1 is 1.06 bits per heavy atom. The number of halogens is 2. The first-order valence-corrected chi connectivity index (χ1v) is 8.03. The van der Waals surface area contributed by atoms with Crippen LogP contribution in [0.25, 0.3) is 0 Å². The van der Waals surface area contributed by atoms with Gasteiger partial charge in [-0.25, -0.2) is 0 Å². The highest BCUT2D eigenvalue weighted by molar-refractivity contribution is 7.44. The molecule has 17 heavy (non-hydrogen) atoms. The zero-order valence-electron chi connectivity index (χ0n) is 8.28. The molecule has 0 amide bonds. The van der Waals surface area contributed by atoms with Crippen molar-refractivity contribution in [3.63, 3.8) is 0 Å². The average Bonchev–Trinajstić information content (AvgIpc) is 2.16. The fraction of sp³-hybridized carbons (Fsp3) is 1.00. The smallest absolute Gasteiger partial charge is 0.265 e. The van der Waals surface area contributed by atoms with Gasteiger partial charge in [0.1, 0.15) is 0 Å². The second-order valence-electron chi connectivity index (χ2n) is 3.23. The molecule has 0 aliphatic heterocycles. The van der Waals surface area contributed by atoms with E-state index in [1.807, 2.05) is 0 Å². The van der Waals surface area contributed by atoms with Gasteiger partial charge in [0.15, 0.2) is 0 Å². The standard InChI is InChI=1S/C5H12Cl2O8P2/c6-1-5(2-7,3-14-16(8,9)10)4-15-17(11,12)13/h1-4H2,(H2,8,9,10)(H2,11,12,13)/p-3. The van der Waals surface area contributed by atoms with Crippen molar-refractivity contribution in [1.29, 1.82) is 0 Å². The van der Waals surface area contributed by atoms with E-state index in [1.54, 1.807) is 0 Å². The van der Waals surface area contributed by atoms with Gasteiger partial charge in [-0.3, -0.25) is 4.57 Å². The third kappa shape index (κ3) is 8.51. The minimum absolute atomic E-state index is 0.337. The van der Waals surface area contributed by atoms with E-state index in [0.717, 1.165) is 0 Å². The predicted molar refractivity (Wildman–Crippen MR) is 53.2 cm³/mol.